The van der Waals surface area contributed by atoms with Gasteiger partial charge in [-0.1, -0.05) is 18.5 Å². The standard InChI is InChI=1S/C16H14ClF3N4O2/c1-2-5-26-14(25)9-22-15-10(7-21)8-23-24(15)13-4-3-11(6-12(13)17)16(18,19)20/h3-4,6,8,22H,2,5,9H2,1H3. The molecule has 0 bridgehead atoms. The Morgan fingerprint density at radius 3 is 2.77 bits per heavy atom. The van der Waals surface area contributed by atoms with Crippen molar-refractivity contribution in [1.82, 2.24) is 9.78 Å². The fraction of sp³-hybridized carbons (Fsp3) is 0.312. The quantitative estimate of drug-likeness (QED) is 0.764. The molecule has 26 heavy (non-hydrogen) atoms. The molecule has 0 aliphatic rings. The predicted octanol–water partition coefficient (Wildman–Crippen LogP) is 3.78. The number of carbonyl (C=O) groups is 1. The van der Waals surface area contributed by atoms with E-state index in [0.717, 1.165) is 22.9 Å². The van der Waals surface area contributed by atoms with Crippen LogP contribution in [0, 0.1) is 11.3 Å². The Kier molecular flexibility index (Phi) is 6.10. The number of hydrogen-bond donors (Lipinski definition) is 1. The zero-order chi connectivity index (χ0) is 19.3. The van der Waals surface area contributed by atoms with Gasteiger partial charge >= 0.3 is 12.1 Å². The van der Waals surface area contributed by atoms with Gasteiger partial charge in [0.1, 0.15) is 24.0 Å². The highest BCUT2D eigenvalue weighted by Crippen LogP contribution is 2.34. The van der Waals surface area contributed by atoms with Gasteiger partial charge in [-0.15, -0.1) is 0 Å². The molecule has 1 N–H and O–H groups in total. The van der Waals surface area contributed by atoms with Gasteiger partial charge < -0.3 is 10.1 Å². The molecule has 0 saturated carbocycles. The molecular formula is C16H14ClF3N4O2. The summed E-state index contributed by atoms with van der Waals surface area (Å²) in [5, 5.41) is 15.6. The van der Waals surface area contributed by atoms with Crippen LogP contribution in [0.4, 0.5) is 19.0 Å². The second-order valence-corrected chi connectivity index (χ2v) is 5.58. The lowest BCUT2D eigenvalue weighted by Crippen LogP contribution is -2.19. The smallest absolute Gasteiger partial charge is 0.416 e. The molecule has 0 aliphatic carbocycles. The fourth-order valence-electron chi connectivity index (χ4n) is 2.06. The Morgan fingerprint density at radius 2 is 2.19 bits per heavy atom. The third kappa shape index (κ3) is 4.46. The lowest BCUT2D eigenvalue weighted by molar-refractivity contribution is -0.141. The first kappa shape index (κ1) is 19.6. The summed E-state index contributed by atoms with van der Waals surface area (Å²) in [4.78, 5) is 11.6. The van der Waals surface area contributed by atoms with Crippen LogP contribution in [-0.4, -0.2) is 28.9 Å². The average molecular weight is 387 g/mol. The molecule has 1 aromatic heterocycles. The third-order valence-electron chi connectivity index (χ3n) is 3.26. The van der Waals surface area contributed by atoms with E-state index in [1.165, 1.54) is 6.20 Å². The van der Waals surface area contributed by atoms with Crippen LogP contribution in [0.15, 0.2) is 24.4 Å². The lowest BCUT2D eigenvalue weighted by Gasteiger charge is -2.13. The Hall–Kier alpha value is -2.73. The van der Waals surface area contributed by atoms with Crippen LogP contribution in [0.3, 0.4) is 0 Å². The Bertz CT molecular complexity index is 843. The number of alkyl halides is 3. The summed E-state index contributed by atoms with van der Waals surface area (Å²) < 4.78 is 44.4. The van der Waals surface area contributed by atoms with E-state index in [0.29, 0.717) is 6.42 Å². The first-order valence-electron chi connectivity index (χ1n) is 7.52. The van der Waals surface area contributed by atoms with Crippen LogP contribution in [-0.2, 0) is 15.7 Å². The van der Waals surface area contributed by atoms with Gasteiger partial charge in [0.25, 0.3) is 0 Å². The molecule has 1 heterocycles. The molecule has 2 rings (SSSR count). The molecule has 138 valence electrons. The second-order valence-electron chi connectivity index (χ2n) is 5.17. The minimum atomic E-state index is -4.53. The fourth-order valence-corrected chi connectivity index (χ4v) is 2.32. The number of halogens is 4. The molecule has 0 spiro atoms. The number of aromatic nitrogens is 2. The minimum absolute atomic E-state index is 0.101. The molecule has 0 aliphatic heterocycles. The van der Waals surface area contributed by atoms with Crippen molar-refractivity contribution in [3.05, 3.63) is 40.5 Å². The Morgan fingerprint density at radius 1 is 1.46 bits per heavy atom. The van der Waals surface area contributed by atoms with Crippen LogP contribution in [0.5, 0.6) is 0 Å². The number of anilines is 1. The minimum Gasteiger partial charge on any atom is -0.464 e. The van der Waals surface area contributed by atoms with Gasteiger partial charge in [0, 0.05) is 0 Å². The number of ether oxygens (including phenoxy) is 1. The number of nitrogens with one attached hydrogen (secondary N) is 1. The molecule has 6 nitrogen and oxygen atoms in total. The number of carbonyl (C=O) groups excluding carboxylic acids is 1. The first-order valence-corrected chi connectivity index (χ1v) is 7.90. The summed E-state index contributed by atoms with van der Waals surface area (Å²) in [7, 11) is 0. The molecular weight excluding hydrogens is 373 g/mol. The van der Waals surface area contributed by atoms with Crippen molar-refractivity contribution in [3.8, 4) is 11.8 Å². The van der Waals surface area contributed by atoms with Crippen LogP contribution in [0.2, 0.25) is 5.02 Å². The van der Waals surface area contributed by atoms with Crippen LogP contribution < -0.4 is 5.32 Å². The molecule has 1 aromatic carbocycles. The van der Waals surface area contributed by atoms with Gasteiger partial charge in [-0.25, -0.2) is 4.68 Å². The topological polar surface area (TPSA) is 79.9 Å². The van der Waals surface area contributed by atoms with Gasteiger partial charge in [-0.05, 0) is 24.6 Å². The predicted molar refractivity (Wildman–Crippen MR) is 88.0 cm³/mol. The highest BCUT2D eigenvalue weighted by molar-refractivity contribution is 6.32. The number of benzene rings is 1. The number of nitrogens with zero attached hydrogens (tertiary/aromatic N) is 3. The maximum absolute atomic E-state index is 12.8. The van der Waals surface area contributed by atoms with Gasteiger partial charge in [-0.2, -0.15) is 23.5 Å². The van der Waals surface area contributed by atoms with E-state index in [1.807, 2.05) is 13.0 Å². The van der Waals surface area contributed by atoms with Crippen LogP contribution in [0.25, 0.3) is 5.69 Å². The van der Waals surface area contributed by atoms with E-state index in [2.05, 4.69) is 10.4 Å². The van der Waals surface area contributed by atoms with Crippen molar-refractivity contribution >= 4 is 23.4 Å². The summed E-state index contributed by atoms with van der Waals surface area (Å²) >= 11 is 5.96. The van der Waals surface area contributed by atoms with Crippen molar-refractivity contribution in [1.29, 1.82) is 5.26 Å². The van der Waals surface area contributed by atoms with Crippen molar-refractivity contribution < 1.29 is 22.7 Å². The highest BCUT2D eigenvalue weighted by atomic mass is 35.5. The summed E-state index contributed by atoms with van der Waals surface area (Å²) in [5.41, 5.74) is -0.675. The van der Waals surface area contributed by atoms with Crippen molar-refractivity contribution in [2.24, 2.45) is 0 Å². The number of esters is 1. The second kappa shape index (κ2) is 8.10. The van der Waals surface area contributed by atoms with E-state index >= 15 is 0 Å². The summed E-state index contributed by atoms with van der Waals surface area (Å²) in [6.07, 6.45) is -2.66. The highest BCUT2D eigenvalue weighted by Gasteiger charge is 2.31. The van der Waals surface area contributed by atoms with E-state index in [9.17, 15) is 18.0 Å². The molecule has 0 radical (unpaired) electrons. The summed E-state index contributed by atoms with van der Waals surface area (Å²) in [6.45, 7) is 1.87. The average Bonchev–Trinajstić information content (AvgIpc) is 2.99. The number of nitriles is 1. The van der Waals surface area contributed by atoms with Crippen molar-refractivity contribution in [2.75, 3.05) is 18.5 Å². The maximum atomic E-state index is 12.8. The van der Waals surface area contributed by atoms with Crippen LogP contribution in [0.1, 0.15) is 24.5 Å². The van der Waals surface area contributed by atoms with Gasteiger partial charge in [0.05, 0.1) is 29.1 Å². The Balaban J connectivity index is 2.32. The van der Waals surface area contributed by atoms with Gasteiger partial charge in [-0.3, -0.25) is 4.79 Å². The van der Waals surface area contributed by atoms with E-state index < -0.39 is 17.7 Å². The normalized spacial score (nSPS) is 11.1. The molecule has 0 unspecified atom stereocenters. The number of hydrogen-bond acceptors (Lipinski definition) is 5. The third-order valence-corrected chi connectivity index (χ3v) is 3.56. The largest absolute Gasteiger partial charge is 0.464 e. The van der Waals surface area contributed by atoms with E-state index in [1.54, 1.807) is 0 Å². The molecule has 10 heteroatoms. The molecule has 0 fully saturated rings. The lowest BCUT2D eigenvalue weighted by atomic mass is 10.2. The zero-order valence-electron chi connectivity index (χ0n) is 13.6. The van der Waals surface area contributed by atoms with E-state index in [4.69, 9.17) is 21.6 Å². The number of rotatable bonds is 6. The molecule has 2 aromatic rings. The SMILES string of the molecule is CCCOC(=O)CNc1c(C#N)cnn1-c1ccc(C(F)(F)F)cc1Cl. The van der Waals surface area contributed by atoms with Crippen molar-refractivity contribution in [2.45, 2.75) is 19.5 Å². The summed E-state index contributed by atoms with van der Waals surface area (Å²) in [5.74, 6) is -0.412. The van der Waals surface area contributed by atoms with Crippen molar-refractivity contribution in [3.63, 3.8) is 0 Å². The van der Waals surface area contributed by atoms with Gasteiger partial charge in [0.15, 0.2) is 0 Å². The van der Waals surface area contributed by atoms with E-state index in [-0.39, 0.29) is 35.2 Å². The molecule has 0 saturated heterocycles. The zero-order valence-corrected chi connectivity index (χ0v) is 14.4. The Labute approximate surface area is 152 Å². The first-order chi connectivity index (χ1) is 12.3. The van der Waals surface area contributed by atoms with Gasteiger partial charge in [0.2, 0.25) is 0 Å². The van der Waals surface area contributed by atoms with Crippen LogP contribution >= 0.6 is 11.6 Å². The molecule has 0 atom stereocenters. The monoisotopic (exact) mass is 386 g/mol. The molecule has 0 amide bonds. The summed E-state index contributed by atoms with van der Waals surface area (Å²) in [6, 6.07) is 4.65. The maximum Gasteiger partial charge on any atom is 0.416 e.